The Morgan fingerprint density at radius 2 is 2.09 bits per heavy atom. The lowest BCUT2D eigenvalue weighted by Crippen LogP contribution is -1.92. The minimum absolute atomic E-state index is 0.628. The predicted octanol–water partition coefficient (Wildman–Crippen LogP) is 2.90. The Bertz CT molecular complexity index is 156. The van der Waals surface area contributed by atoms with Crippen LogP contribution in [0.1, 0.15) is 33.6 Å². The molecule has 1 heterocycles. The van der Waals surface area contributed by atoms with E-state index in [2.05, 4.69) is 18.8 Å². The topological polar surface area (TPSA) is 26.0 Å². The van der Waals surface area contributed by atoms with E-state index in [1.54, 1.807) is 12.5 Å². The predicted molar refractivity (Wildman–Crippen MR) is 46.4 cm³/mol. The lowest BCUT2D eigenvalue weighted by Gasteiger charge is -1.96. The Morgan fingerprint density at radius 1 is 1.45 bits per heavy atom. The number of aromatic nitrogens is 1. The van der Waals surface area contributed by atoms with Crippen LogP contribution in [-0.2, 0) is 6.42 Å². The van der Waals surface area contributed by atoms with Crippen LogP contribution in [0.2, 0.25) is 0 Å². The lowest BCUT2D eigenvalue weighted by atomic mass is 10.1. The first-order valence-electron chi connectivity index (χ1n) is 4.17. The molecule has 11 heavy (non-hydrogen) atoms. The highest BCUT2D eigenvalue weighted by molar-refractivity contribution is 4.80. The van der Waals surface area contributed by atoms with Crippen LogP contribution in [0.15, 0.2) is 16.9 Å². The third kappa shape index (κ3) is 4.59. The molecule has 0 unspecified atom stereocenters. The van der Waals surface area contributed by atoms with E-state index in [4.69, 9.17) is 4.42 Å². The van der Waals surface area contributed by atoms with E-state index in [9.17, 15) is 0 Å². The van der Waals surface area contributed by atoms with Crippen molar-refractivity contribution in [2.75, 3.05) is 0 Å². The van der Waals surface area contributed by atoms with Gasteiger partial charge in [0.1, 0.15) is 6.26 Å². The Kier molecular flexibility index (Phi) is 5.53. The van der Waals surface area contributed by atoms with Gasteiger partial charge in [-0.3, -0.25) is 0 Å². The van der Waals surface area contributed by atoms with Crippen molar-refractivity contribution in [3.05, 3.63) is 18.4 Å². The summed E-state index contributed by atoms with van der Waals surface area (Å²) >= 11 is 0. The van der Waals surface area contributed by atoms with Gasteiger partial charge in [-0.1, -0.05) is 27.7 Å². The summed E-state index contributed by atoms with van der Waals surface area (Å²) in [4.78, 5) is 3.99. The Balaban J connectivity index is 0.000000461. The van der Waals surface area contributed by atoms with Crippen LogP contribution >= 0.6 is 0 Å². The standard InChI is InChI=1S/C7H11NO.C2H6/c1-6(2)5-7-8-3-4-9-7;1-2/h3-4,6H,5H2,1-2H3;1-2H3. The summed E-state index contributed by atoms with van der Waals surface area (Å²) in [6.45, 7) is 8.29. The molecule has 0 bridgehead atoms. The molecular formula is C9H17NO. The zero-order valence-electron chi connectivity index (χ0n) is 7.79. The van der Waals surface area contributed by atoms with Gasteiger partial charge in [0.15, 0.2) is 5.89 Å². The van der Waals surface area contributed by atoms with Gasteiger partial charge >= 0.3 is 0 Å². The van der Waals surface area contributed by atoms with E-state index in [1.165, 1.54) is 0 Å². The molecule has 0 amide bonds. The van der Waals surface area contributed by atoms with Crippen LogP contribution in [-0.4, -0.2) is 4.98 Å². The first-order chi connectivity index (χ1) is 5.29. The normalized spacial score (nSPS) is 9.18. The molecule has 2 heteroatoms. The molecule has 0 N–H and O–H groups in total. The van der Waals surface area contributed by atoms with E-state index >= 15 is 0 Å². The van der Waals surface area contributed by atoms with Crippen LogP contribution in [0.3, 0.4) is 0 Å². The van der Waals surface area contributed by atoms with Crippen LogP contribution in [0, 0.1) is 5.92 Å². The van der Waals surface area contributed by atoms with Crippen LogP contribution in [0.25, 0.3) is 0 Å². The van der Waals surface area contributed by atoms with Crippen LogP contribution < -0.4 is 0 Å². The van der Waals surface area contributed by atoms with Gasteiger partial charge in [0, 0.05) is 6.42 Å². The average Bonchev–Trinajstić information content (AvgIpc) is 2.43. The molecule has 0 saturated heterocycles. The molecule has 0 spiro atoms. The highest BCUT2D eigenvalue weighted by Crippen LogP contribution is 2.03. The summed E-state index contributed by atoms with van der Waals surface area (Å²) in [5.74, 6) is 1.47. The molecule has 0 atom stereocenters. The Labute approximate surface area is 68.6 Å². The summed E-state index contributed by atoms with van der Waals surface area (Å²) in [5.41, 5.74) is 0. The van der Waals surface area contributed by atoms with Crippen molar-refractivity contribution in [2.24, 2.45) is 5.92 Å². The van der Waals surface area contributed by atoms with Crippen molar-refractivity contribution in [1.29, 1.82) is 0 Å². The van der Waals surface area contributed by atoms with Gasteiger partial charge in [0.05, 0.1) is 6.20 Å². The molecule has 0 radical (unpaired) electrons. The molecule has 0 aliphatic carbocycles. The monoisotopic (exact) mass is 155 g/mol. The lowest BCUT2D eigenvalue weighted by molar-refractivity contribution is 0.458. The van der Waals surface area contributed by atoms with Crippen LogP contribution in [0.5, 0.6) is 0 Å². The molecule has 64 valence electrons. The molecule has 0 fully saturated rings. The van der Waals surface area contributed by atoms with Crippen molar-refractivity contribution >= 4 is 0 Å². The first kappa shape index (κ1) is 10.2. The third-order valence-corrected chi connectivity index (χ3v) is 1.07. The van der Waals surface area contributed by atoms with Gasteiger partial charge in [0.25, 0.3) is 0 Å². The van der Waals surface area contributed by atoms with Crippen molar-refractivity contribution in [2.45, 2.75) is 34.1 Å². The van der Waals surface area contributed by atoms with Crippen molar-refractivity contribution in [1.82, 2.24) is 4.98 Å². The number of oxazole rings is 1. The van der Waals surface area contributed by atoms with Gasteiger partial charge in [-0.05, 0) is 5.92 Å². The van der Waals surface area contributed by atoms with Gasteiger partial charge in [0.2, 0.25) is 0 Å². The zero-order valence-corrected chi connectivity index (χ0v) is 7.79. The highest BCUT2D eigenvalue weighted by atomic mass is 16.3. The van der Waals surface area contributed by atoms with Gasteiger partial charge in [-0.25, -0.2) is 4.98 Å². The molecule has 0 aliphatic rings. The second kappa shape index (κ2) is 5.96. The molecule has 0 saturated carbocycles. The fraction of sp³-hybridized carbons (Fsp3) is 0.667. The molecular weight excluding hydrogens is 138 g/mol. The number of nitrogens with zero attached hydrogens (tertiary/aromatic N) is 1. The molecule has 1 aromatic heterocycles. The van der Waals surface area contributed by atoms with E-state index < -0.39 is 0 Å². The summed E-state index contributed by atoms with van der Waals surface area (Å²) in [7, 11) is 0. The Hall–Kier alpha value is -0.790. The number of rotatable bonds is 2. The van der Waals surface area contributed by atoms with Gasteiger partial charge in [-0.15, -0.1) is 0 Å². The average molecular weight is 155 g/mol. The van der Waals surface area contributed by atoms with E-state index in [-0.39, 0.29) is 0 Å². The zero-order chi connectivity index (χ0) is 8.69. The van der Waals surface area contributed by atoms with Crippen molar-refractivity contribution in [3.8, 4) is 0 Å². The maximum absolute atomic E-state index is 5.03. The minimum Gasteiger partial charge on any atom is -0.449 e. The SMILES string of the molecule is CC.CC(C)Cc1ncco1. The first-order valence-corrected chi connectivity index (χ1v) is 4.17. The highest BCUT2D eigenvalue weighted by Gasteiger charge is 1.99. The van der Waals surface area contributed by atoms with E-state index in [0.717, 1.165) is 12.3 Å². The van der Waals surface area contributed by atoms with Crippen LogP contribution in [0.4, 0.5) is 0 Å². The smallest absolute Gasteiger partial charge is 0.194 e. The second-order valence-corrected chi connectivity index (χ2v) is 2.52. The van der Waals surface area contributed by atoms with Gasteiger partial charge < -0.3 is 4.42 Å². The summed E-state index contributed by atoms with van der Waals surface area (Å²) < 4.78 is 5.03. The fourth-order valence-corrected chi connectivity index (χ4v) is 0.703. The molecule has 1 aromatic rings. The van der Waals surface area contributed by atoms with Crippen molar-refractivity contribution in [3.63, 3.8) is 0 Å². The molecule has 0 aromatic carbocycles. The quantitative estimate of drug-likeness (QED) is 0.656. The van der Waals surface area contributed by atoms with E-state index in [0.29, 0.717) is 5.92 Å². The molecule has 1 rings (SSSR count). The third-order valence-electron chi connectivity index (χ3n) is 1.07. The maximum Gasteiger partial charge on any atom is 0.194 e. The molecule has 0 aliphatic heterocycles. The minimum atomic E-state index is 0.628. The maximum atomic E-state index is 5.03. The van der Waals surface area contributed by atoms with Crippen molar-refractivity contribution < 1.29 is 4.42 Å². The van der Waals surface area contributed by atoms with Gasteiger partial charge in [-0.2, -0.15) is 0 Å². The second-order valence-electron chi connectivity index (χ2n) is 2.52. The number of hydrogen-bond acceptors (Lipinski definition) is 2. The summed E-state index contributed by atoms with van der Waals surface area (Å²) in [5, 5.41) is 0. The fourth-order valence-electron chi connectivity index (χ4n) is 0.703. The Morgan fingerprint density at radius 3 is 2.45 bits per heavy atom. The van der Waals surface area contributed by atoms with E-state index in [1.807, 2.05) is 13.8 Å². The number of hydrogen-bond donors (Lipinski definition) is 0. The summed E-state index contributed by atoms with van der Waals surface area (Å²) in [6, 6.07) is 0. The largest absolute Gasteiger partial charge is 0.449 e. The summed E-state index contributed by atoms with van der Waals surface area (Å²) in [6.07, 6.45) is 4.22. The molecule has 2 nitrogen and oxygen atoms in total.